The Hall–Kier alpha value is -1.91. The number of methoxy groups -OCH3 is 1. The fourth-order valence-electron chi connectivity index (χ4n) is 1.58. The number of urea groups is 1. The van der Waals surface area contributed by atoms with E-state index in [2.05, 4.69) is 10.6 Å². The van der Waals surface area contributed by atoms with Gasteiger partial charge in [0.1, 0.15) is 5.75 Å². The molecule has 0 aromatic heterocycles. The van der Waals surface area contributed by atoms with Gasteiger partial charge >= 0.3 is 6.03 Å². The Morgan fingerprint density at radius 2 is 1.90 bits per heavy atom. The fourth-order valence-corrected chi connectivity index (χ4v) is 1.92. The summed E-state index contributed by atoms with van der Waals surface area (Å²) in [6.45, 7) is 0. The van der Waals surface area contributed by atoms with Gasteiger partial charge in [-0.2, -0.15) is 0 Å². The van der Waals surface area contributed by atoms with Gasteiger partial charge < -0.3 is 15.4 Å². The van der Waals surface area contributed by atoms with Gasteiger partial charge in [-0.05, 0) is 30.3 Å². The number of carbonyl (C=O) groups excluding carboxylic acids is 1. The number of nitrogens with one attached hydrogen (secondary N) is 2. The highest BCUT2D eigenvalue weighted by Gasteiger charge is 2.07. The smallest absolute Gasteiger partial charge is 0.323 e. The van der Waals surface area contributed by atoms with Gasteiger partial charge in [0.15, 0.2) is 0 Å². The van der Waals surface area contributed by atoms with Crippen molar-refractivity contribution < 1.29 is 9.53 Å². The first kappa shape index (κ1) is 14.5. The van der Waals surface area contributed by atoms with Crippen molar-refractivity contribution in [1.82, 2.24) is 0 Å². The summed E-state index contributed by atoms with van der Waals surface area (Å²) >= 11 is 11.8. The Kier molecular flexibility index (Phi) is 4.71. The van der Waals surface area contributed by atoms with Crippen molar-refractivity contribution >= 4 is 40.6 Å². The Morgan fingerprint density at radius 3 is 2.65 bits per heavy atom. The summed E-state index contributed by atoms with van der Waals surface area (Å²) < 4.78 is 5.08. The van der Waals surface area contributed by atoms with Crippen molar-refractivity contribution in [3.8, 4) is 5.75 Å². The highest BCUT2D eigenvalue weighted by Crippen LogP contribution is 2.25. The first-order valence-electron chi connectivity index (χ1n) is 5.75. The van der Waals surface area contributed by atoms with Crippen LogP contribution >= 0.6 is 23.2 Å². The van der Waals surface area contributed by atoms with Crippen molar-refractivity contribution in [1.29, 1.82) is 0 Å². The molecule has 0 aliphatic rings. The minimum Gasteiger partial charge on any atom is -0.497 e. The second-order valence-electron chi connectivity index (χ2n) is 3.94. The van der Waals surface area contributed by atoms with Gasteiger partial charge in [0.25, 0.3) is 0 Å². The molecule has 20 heavy (non-hydrogen) atoms. The van der Waals surface area contributed by atoms with E-state index in [1.54, 1.807) is 49.6 Å². The standard InChI is InChI=1S/C14H12Cl2N2O2/c1-20-11-4-2-3-10(8-11)17-14(19)18-13-7-9(15)5-6-12(13)16/h2-8H,1H3,(H2,17,18,19). The predicted molar refractivity (Wildman–Crippen MR) is 82.1 cm³/mol. The summed E-state index contributed by atoms with van der Waals surface area (Å²) in [5.74, 6) is 0.656. The number of anilines is 2. The number of amides is 2. The zero-order valence-corrected chi connectivity index (χ0v) is 12.1. The van der Waals surface area contributed by atoms with E-state index in [0.717, 1.165) is 0 Å². The number of benzene rings is 2. The highest BCUT2D eigenvalue weighted by atomic mass is 35.5. The molecule has 2 amide bonds. The van der Waals surface area contributed by atoms with Crippen molar-refractivity contribution in [2.24, 2.45) is 0 Å². The SMILES string of the molecule is COc1cccc(NC(=O)Nc2cc(Cl)ccc2Cl)c1. The van der Waals surface area contributed by atoms with Crippen molar-refractivity contribution in [2.45, 2.75) is 0 Å². The van der Waals surface area contributed by atoms with E-state index < -0.39 is 6.03 Å². The lowest BCUT2D eigenvalue weighted by Crippen LogP contribution is -2.19. The molecular weight excluding hydrogens is 299 g/mol. The number of rotatable bonds is 3. The molecule has 0 aliphatic carbocycles. The zero-order valence-electron chi connectivity index (χ0n) is 10.6. The summed E-state index contributed by atoms with van der Waals surface area (Å²) in [6.07, 6.45) is 0. The Labute approximate surface area is 126 Å². The number of carbonyl (C=O) groups is 1. The Bertz CT molecular complexity index is 632. The number of ether oxygens (including phenoxy) is 1. The second kappa shape index (κ2) is 6.50. The minimum absolute atomic E-state index is 0.412. The van der Waals surface area contributed by atoms with Crippen LogP contribution in [-0.2, 0) is 0 Å². The number of hydrogen-bond acceptors (Lipinski definition) is 2. The number of halogens is 2. The molecule has 104 valence electrons. The quantitative estimate of drug-likeness (QED) is 0.867. The van der Waals surface area contributed by atoms with Gasteiger partial charge in [0.2, 0.25) is 0 Å². The Balaban J connectivity index is 2.07. The van der Waals surface area contributed by atoms with Crippen LogP contribution in [0.15, 0.2) is 42.5 Å². The highest BCUT2D eigenvalue weighted by molar-refractivity contribution is 6.35. The lowest BCUT2D eigenvalue weighted by Gasteiger charge is -2.10. The molecule has 0 spiro atoms. The fraction of sp³-hybridized carbons (Fsp3) is 0.0714. The molecular formula is C14H12Cl2N2O2. The summed E-state index contributed by atoms with van der Waals surface area (Å²) in [4.78, 5) is 11.9. The normalized spacial score (nSPS) is 9.95. The molecule has 0 aliphatic heterocycles. The summed E-state index contributed by atoms with van der Waals surface area (Å²) in [5, 5.41) is 6.21. The van der Waals surface area contributed by atoms with Crippen LogP contribution in [-0.4, -0.2) is 13.1 Å². The van der Waals surface area contributed by atoms with E-state index in [1.807, 2.05) is 0 Å². The van der Waals surface area contributed by atoms with Gasteiger partial charge in [0.05, 0.1) is 17.8 Å². The topological polar surface area (TPSA) is 50.4 Å². The predicted octanol–water partition coefficient (Wildman–Crippen LogP) is 4.65. The van der Waals surface area contributed by atoms with E-state index in [0.29, 0.717) is 27.2 Å². The monoisotopic (exact) mass is 310 g/mol. The maximum absolute atomic E-state index is 11.9. The summed E-state index contributed by atoms with van der Waals surface area (Å²) in [6, 6.07) is 11.5. The summed E-state index contributed by atoms with van der Waals surface area (Å²) in [7, 11) is 1.56. The van der Waals surface area contributed by atoms with Gasteiger partial charge in [-0.3, -0.25) is 0 Å². The molecule has 0 heterocycles. The molecule has 0 bridgehead atoms. The molecule has 2 aromatic carbocycles. The van der Waals surface area contributed by atoms with Crippen LogP contribution in [0, 0.1) is 0 Å². The molecule has 0 saturated heterocycles. The van der Waals surface area contributed by atoms with E-state index in [9.17, 15) is 4.79 Å². The van der Waals surface area contributed by atoms with Crippen molar-refractivity contribution in [3.05, 3.63) is 52.5 Å². The lowest BCUT2D eigenvalue weighted by molar-refractivity contribution is 0.262. The van der Waals surface area contributed by atoms with Gasteiger partial charge in [0, 0.05) is 16.8 Å². The molecule has 6 heteroatoms. The number of hydrogen-bond donors (Lipinski definition) is 2. The molecule has 2 N–H and O–H groups in total. The molecule has 0 radical (unpaired) electrons. The van der Waals surface area contributed by atoms with E-state index in [4.69, 9.17) is 27.9 Å². The molecule has 2 rings (SSSR count). The van der Waals surface area contributed by atoms with Gasteiger partial charge in [-0.25, -0.2) is 4.79 Å². The lowest BCUT2D eigenvalue weighted by atomic mass is 10.3. The maximum atomic E-state index is 11.9. The van der Waals surface area contributed by atoms with E-state index in [1.165, 1.54) is 0 Å². The third kappa shape index (κ3) is 3.79. The Morgan fingerprint density at radius 1 is 1.10 bits per heavy atom. The van der Waals surface area contributed by atoms with Crippen LogP contribution in [0.3, 0.4) is 0 Å². The first-order valence-corrected chi connectivity index (χ1v) is 6.51. The molecule has 0 saturated carbocycles. The minimum atomic E-state index is -0.414. The first-order chi connectivity index (χ1) is 9.58. The second-order valence-corrected chi connectivity index (χ2v) is 4.78. The average Bonchev–Trinajstić information content (AvgIpc) is 2.43. The van der Waals surface area contributed by atoms with Crippen LogP contribution in [0.25, 0.3) is 0 Å². The van der Waals surface area contributed by atoms with Gasteiger partial charge in [-0.1, -0.05) is 29.3 Å². The molecule has 0 unspecified atom stereocenters. The average molecular weight is 311 g/mol. The molecule has 0 atom stereocenters. The van der Waals surface area contributed by atoms with Crippen LogP contribution in [0.5, 0.6) is 5.75 Å². The van der Waals surface area contributed by atoms with Crippen LogP contribution in [0.2, 0.25) is 10.0 Å². The van der Waals surface area contributed by atoms with Crippen molar-refractivity contribution in [2.75, 3.05) is 17.7 Å². The molecule has 2 aromatic rings. The van der Waals surface area contributed by atoms with Crippen LogP contribution < -0.4 is 15.4 Å². The van der Waals surface area contributed by atoms with E-state index in [-0.39, 0.29) is 0 Å². The molecule has 4 nitrogen and oxygen atoms in total. The van der Waals surface area contributed by atoms with Crippen LogP contribution in [0.4, 0.5) is 16.2 Å². The van der Waals surface area contributed by atoms with Crippen LogP contribution in [0.1, 0.15) is 0 Å². The third-order valence-electron chi connectivity index (χ3n) is 2.50. The van der Waals surface area contributed by atoms with E-state index >= 15 is 0 Å². The largest absolute Gasteiger partial charge is 0.497 e. The molecule has 0 fully saturated rings. The third-order valence-corrected chi connectivity index (χ3v) is 3.07. The van der Waals surface area contributed by atoms with Gasteiger partial charge in [-0.15, -0.1) is 0 Å². The maximum Gasteiger partial charge on any atom is 0.323 e. The van der Waals surface area contributed by atoms with Crippen molar-refractivity contribution in [3.63, 3.8) is 0 Å². The summed E-state index contributed by atoms with van der Waals surface area (Å²) in [5.41, 5.74) is 1.06. The zero-order chi connectivity index (χ0) is 14.5.